The number of phenols is 1. The molecular weight excluding hydrogens is 194 g/mol. The van der Waals surface area contributed by atoms with Crippen molar-refractivity contribution >= 4 is 17.3 Å². The van der Waals surface area contributed by atoms with Crippen molar-refractivity contribution in [3.8, 4) is 5.75 Å². The van der Waals surface area contributed by atoms with Crippen LogP contribution in [0.4, 0.5) is 5.69 Å². The smallest absolute Gasteiger partial charge is 0.291 e. The van der Waals surface area contributed by atoms with Gasteiger partial charge in [0.2, 0.25) is 0 Å². The number of phenolic OH excluding ortho intramolecular Hbond substituents is 1. The van der Waals surface area contributed by atoms with Gasteiger partial charge in [-0.3, -0.25) is 10.1 Å². The number of nitrogens with zero attached hydrogens (tertiary/aromatic N) is 1. The second-order valence-corrected chi connectivity index (χ2v) is 2.25. The number of hydrogen-bond donors (Lipinski definition) is 1. The normalized spacial score (nSPS) is 8.54. The Kier molecular flexibility index (Phi) is 4.84. The molecular formula is C8H10ClNO3. The summed E-state index contributed by atoms with van der Waals surface area (Å²) in [4.78, 5) is 9.53. The van der Waals surface area contributed by atoms with E-state index in [4.69, 9.17) is 16.7 Å². The number of rotatable bonds is 1. The summed E-state index contributed by atoms with van der Waals surface area (Å²) >= 11 is 5.40. The quantitative estimate of drug-likeness (QED) is 0.564. The number of hydrogen-bond acceptors (Lipinski definition) is 3. The number of nitro benzene ring substituents is 1. The van der Waals surface area contributed by atoms with Crippen molar-refractivity contribution in [2.24, 2.45) is 0 Å². The van der Waals surface area contributed by atoms with Crippen LogP contribution in [0.15, 0.2) is 18.2 Å². The van der Waals surface area contributed by atoms with Gasteiger partial charge < -0.3 is 5.11 Å². The van der Waals surface area contributed by atoms with E-state index in [0.717, 1.165) is 0 Å². The molecule has 1 aromatic rings. The first-order valence-electron chi connectivity index (χ1n) is 3.75. The predicted molar refractivity (Wildman–Crippen MR) is 51.1 cm³/mol. The molecule has 1 aromatic carbocycles. The molecule has 0 saturated carbocycles. The highest BCUT2D eigenvalue weighted by molar-refractivity contribution is 6.34. The lowest BCUT2D eigenvalue weighted by atomic mass is 10.3. The van der Waals surface area contributed by atoms with Crippen LogP contribution in [0.2, 0.25) is 5.02 Å². The summed E-state index contributed by atoms with van der Waals surface area (Å²) in [6, 6.07) is 3.87. The number of benzene rings is 1. The summed E-state index contributed by atoms with van der Waals surface area (Å²) in [7, 11) is 0. The van der Waals surface area contributed by atoms with Gasteiger partial charge in [0.1, 0.15) is 5.75 Å². The predicted octanol–water partition coefficient (Wildman–Crippen LogP) is 2.98. The lowest BCUT2D eigenvalue weighted by molar-refractivity contribution is -0.384. The lowest BCUT2D eigenvalue weighted by Gasteiger charge is -1.95. The molecule has 0 aromatic heterocycles. The number of halogens is 1. The first-order chi connectivity index (χ1) is 6.13. The third-order valence-electron chi connectivity index (χ3n) is 1.15. The SMILES string of the molecule is CC.O=[N+]([O-])c1cccc(O)c1Cl. The Labute approximate surface area is 80.9 Å². The summed E-state index contributed by atoms with van der Waals surface area (Å²) in [6.07, 6.45) is 0. The van der Waals surface area contributed by atoms with Gasteiger partial charge >= 0.3 is 0 Å². The zero-order valence-electron chi connectivity index (χ0n) is 7.32. The highest BCUT2D eigenvalue weighted by Crippen LogP contribution is 2.31. The van der Waals surface area contributed by atoms with E-state index < -0.39 is 4.92 Å². The van der Waals surface area contributed by atoms with Crippen LogP contribution >= 0.6 is 11.6 Å². The molecule has 0 amide bonds. The number of aromatic hydroxyl groups is 1. The average Bonchev–Trinajstić information content (AvgIpc) is 2.13. The molecule has 0 fully saturated rings. The summed E-state index contributed by atoms with van der Waals surface area (Å²) in [5.41, 5.74) is -0.285. The first-order valence-corrected chi connectivity index (χ1v) is 4.12. The van der Waals surface area contributed by atoms with Gasteiger partial charge in [0, 0.05) is 6.07 Å². The zero-order chi connectivity index (χ0) is 10.4. The zero-order valence-corrected chi connectivity index (χ0v) is 8.08. The van der Waals surface area contributed by atoms with Gasteiger partial charge in [0.05, 0.1) is 4.92 Å². The molecule has 0 aliphatic heterocycles. The molecule has 0 spiro atoms. The molecule has 0 aliphatic rings. The maximum atomic E-state index is 10.2. The molecule has 4 nitrogen and oxygen atoms in total. The van der Waals surface area contributed by atoms with Crippen molar-refractivity contribution in [1.29, 1.82) is 0 Å². The van der Waals surface area contributed by atoms with E-state index in [1.165, 1.54) is 18.2 Å². The van der Waals surface area contributed by atoms with E-state index in [1.807, 2.05) is 13.8 Å². The molecule has 72 valence electrons. The Morgan fingerprint density at radius 3 is 2.38 bits per heavy atom. The minimum absolute atomic E-state index is 0.225. The monoisotopic (exact) mass is 203 g/mol. The van der Waals surface area contributed by atoms with E-state index in [9.17, 15) is 10.1 Å². The number of nitro groups is 1. The van der Waals surface area contributed by atoms with Gasteiger partial charge in [-0.1, -0.05) is 31.5 Å². The fourth-order valence-electron chi connectivity index (χ4n) is 0.649. The van der Waals surface area contributed by atoms with E-state index >= 15 is 0 Å². The van der Waals surface area contributed by atoms with Crippen LogP contribution in [0.5, 0.6) is 5.75 Å². The van der Waals surface area contributed by atoms with Gasteiger partial charge in [-0.2, -0.15) is 0 Å². The van der Waals surface area contributed by atoms with E-state index in [0.29, 0.717) is 0 Å². The molecule has 1 N–H and O–H groups in total. The van der Waals surface area contributed by atoms with Gasteiger partial charge in [-0.15, -0.1) is 0 Å². The molecule has 0 atom stereocenters. The van der Waals surface area contributed by atoms with E-state index in [1.54, 1.807) is 0 Å². The standard InChI is InChI=1S/C6H4ClNO3.C2H6/c7-6-4(8(10)11)2-1-3-5(6)9;1-2/h1-3,9H;1-2H3. The Morgan fingerprint density at radius 1 is 1.46 bits per heavy atom. The fraction of sp³-hybridized carbons (Fsp3) is 0.250. The van der Waals surface area contributed by atoms with E-state index in [2.05, 4.69) is 0 Å². The summed E-state index contributed by atoms with van der Waals surface area (Å²) in [5.74, 6) is -0.277. The molecule has 1 rings (SSSR count). The Hall–Kier alpha value is -1.29. The van der Waals surface area contributed by atoms with Crippen LogP contribution in [0, 0.1) is 10.1 Å². The Bertz CT molecular complexity index is 301. The van der Waals surface area contributed by atoms with Crippen molar-refractivity contribution in [1.82, 2.24) is 0 Å². The fourth-order valence-corrected chi connectivity index (χ4v) is 0.844. The Morgan fingerprint density at radius 2 is 2.00 bits per heavy atom. The Balaban J connectivity index is 0.000000671. The van der Waals surface area contributed by atoms with Gasteiger partial charge in [-0.05, 0) is 6.07 Å². The second kappa shape index (κ2) is 5.37. The summed E-state index contributed by atoms with van der Waals surface area (Å²) in [6.45, 7) is 4.00. The summed E-state index contributed by atoms with van der Waals surface area (Å²) in [5, 5.41) is 18.9. The first kappa shape index (κ1) is 11.7. The van der Waals surface area contributed by atoms with Crippen molar-refractivity contribution in [3.63, 3.8) is 0 Å². The molecule has 0 heterocycles. The van der Waals surface area contributed by atoms with Crippen LogP contribution in [0.3, 0.4) is 0 Å². The molecule has 0 aliphatic carbocycles. The van der Waals surface area contributed by atoms with Crippen molar-refractivity contribution in [3.05, 3.63) is 33.3 Å². The third kappa shape index (κ3) is 2.91. The third-order valence-corrected chi connectivity index (χ3v) is 1.54. The van der Waals surface area contributed by atoms with Crippen molar-refractivity contribution in [2.75, 3.05) is 0 Å². The van der Waals surface area contributed by atoms with Crippen LogP contribution < -0.4 is 0 Å². The maximum absolute atomic E-state index is 10.2. The van der Waals surface area contributed by atoms with Crippen molar-refractivity contribution in [2.45, 2.75) is 13.8 Å². The minimum atomic E-state index is -0.651. The van der Waals surface area contributed by atoms with Gasteiger partial charge in [-0.25, -0.2) is 0 Å². The lowest BCUT2D eigenvalue weighted by Crippen LogP contribution is -1.87. The molecule has 0 bridgehead atoms. The van der Waals surface area contributed by atoms with Crippen molar-refractivity contribution < 1.29 is 10.0 Å². The maximum Gasteiger partial charge on any atom is 0.291 e. The topological polar surface area (TPSA) is 63.4 Å². The minimum Gasteiger partial charge on any atom is -0.506 e. The largest absolute Gasteiger partial charge is 0.506 e. The summed E-state index contributed by atoms with van der Waals surface area (Å²) < 4.78 is 0. The van der Waals surface area contributed by atoms with E-state index in [-0.39, 0.29) is 16.5 Å². The highest BCUT2D eigenvalue weighted by atomic mass is 35.5. The van der Waals surface area contributed by atoms with Crippen LogP contribution in [0.1, 0.15) is 13.8 Å². The second-order valence-electron chi connectivity index (χ2n) is 1.87. The molecule has 0 unspecified atom stereocenters. The molecule has 13 heavy (non-hydrogen) atoms. The molecule has 0 saturated heterocycles. The van der Waals surface area contributed by atoms with Gasteiger partial charge in [0.15, 0.2) is 5.02 Å². The highest BCUT2D eigenvalue weighted by Gasteiger charge is 2.13. The average molecular weight is 204 g/mol. The molecule has 5 heteroatoms. The van der Waals surface area contributed by atoms with Crippen LogP contribution in [-0.4, -0.2) is 10.0 Å². The van der Waals surface area contributed by atoms with Crippen LogP contribution in [0.25, 0.3) is 0 Å². The van der Waals surface area contributed by atoms with Gasteiger partial charge in [0.25, 0.3) is 5.69 Å². The van der Waals surface area contributed by atoms with Crippen LogP contribution in [-0.2, 0) is 0 Å². The molecule has 0 radical (unpaired) electrons.